The number of rotatable bonds is 4. The van der Waals surface area contributed by atoms with Crippen molar-refractivity contribution >= 4 is 55.6 Å². The number of anilines is 1. The summed E-state index contributed by atoms with van der Waals surface area (Å²) >= 11 is 9.94. The molecule has 0 saturated heterocycles. The average molecular weight is 384 g/mol. The number of hydrogen-bond acceptors (Lipinski definition) is 4. The molecule has 0 unspecified atom stereocenters. The quantitative estimate of drug-likeness (QED) is 0.777. The van der Waals surface area contributed by atoms with E-state index in [0.717, 1.165) is 22.2 Å². The van der Waals surface area contributed by atoms with Crippen molar-refractivity contribution in [1.29, 1.82) is 0 Å². The van der Waals surface area contributed by atoms with Crippen molar-refractivity contribution in [2.24, 2.45) is 0 Å². The van der Waals surface area contributed by atoms with Gasteiger partial charge in [0.25, 0.3) is 0 Å². The normalized spacial score (nSPS) is 10.2. The van der Waals surface area contributed by atoms with Gasteiger partial charge in [-0.25, -0.2) is 4.98 Å². The van der Waals surface area contributed by atoms with E-state index in [2.05, 4.69) is 31.5 Å². The minimum absolute atomic E-state index is 0.0836. The zero-order valence-corrected chi connectivity index (χ0v) is 14.6. The molecule has 1 aromatic heterocycles. The third-order valence-electron chi connectivity index (χ3n) is 2.59. The van der Waals surface area contributed by atoms with Gasteiger partial charge in [-0.1, -0.05) is 35.0 Å². The lowest BCUT2D eigenvalue weighted by Gasteiger charge is -2.06. The predicted octanol–water partition coefficient (Wildman–Crippen LogP) is 4.19. The highest BCUT2D eigenvalue weighted by molar-refractivity contribution is 9.10. The van der Waals surface area contributed by atoms with Crippen molar-refractivity contribution in [2.75, 3.05) is 5.32 Å². The Morgan fingerprint density at radius 3 is 2.76 bits per heavy atom. The predicted molar refractivity (Wildman–Crippen MR) is 94.5 cm³/mol. The van der Waals surface area contributed by atoms with Gasteiger partial charge in [0.1, 0.15) is 0 Å². The van der Waals surface area contributed by atoms with Crippen LogP contribution in [0.4, 0.5) is 5.13 Å². The summed E-state index contributed by atoms with van der Waals surface area (Å²) in [6, 6.07) is 7.92. The summed E-state index contributed by atoms with van der Waals surface area (Å²) in [7, 11) is 0. The number of carbonyl (C=O) groups is 1. The summed E-state index contributed by atoms with van der Waals surface area (Å²) in [6.45, 7) is 1.95. The second-order valence-electron chi connectivity index (χ2n) is 4.30. The number of nitrogens with zero attached hydrogens (tertiary/aromatic N) is 1. The number of amides is 1. The molecule has 7 heteroatoms. The number of carbonyl (C=O) groups excluding carboxylic acids is 1. The van der Waals surface area contributed by atoms with Gasteiger partial charge in [0.2, 0.25) is 5.91 Å². The van der Waals surface area contributed by atoms with Gasteiger partial charge in [-0.15, -0.1) is 11.3 Å². The summed E-state index contributed by atoms with van der Waals surface area (Å²) < 4.78 is 1.03. The van der Waals surface area contributed by atoms with E-state index in [4.69, 9.17) is 12.2 Å². The first kappa shape index (κ1) is 16.1. The lowest BCUT2D eigenvalue weighted by Crippen LogP contribution is -2.33. The molecule has 0 aliphatic rings. The number of benzene rings is 1. The molecule has 0 bridgehead atoms. The molecule has 21 heavy (non-hydrogen) atoms. The molecule has 4 nitrogen and oxygen atoms in total. The van der Waals surface area contributed by atoms with Gasteiger partial charge in [0, 0.05) is 21.8 Å². The molecular weight excluding hydrogens is 370 g/mol. The highest BCUT2D eigenvalue weighted by atomic mass is 79.9. The van der Waals surface area contributed by atoms with Crippen molar-refractivity contribution in [1.82, 2.24) is 10.3 Å². The van der Waals surface area contributed by atoms with Crippen molar-refractivity contribution in [3.63, 3.8) is 0 Å². The Morgan fingerprint density at radius 1 is 1.38 bits per heavy atom. The van der Waals surface area contributed by atoms with E-state index in [1.54, 1.807) is 0 Å². The molecule has 0 aliphatic heterocycles. The maximum atomic E-state index is 11.4. The number of thiocarbonyl (C=S) groups is 1. The van der Waals surface area contributed by atoms with Gasteiger partial charge in [0.15, 0.2) is 10.2 Å². The molecular formula is C14H14BrN3OS2. The highest BCUT2D eigenvalue weighted by Crippen LogP contribution is 2.25. The van der Waals surface area contributed by atoms with Crippen LogP contribution in [0, 0.1) is 0 Å². The fraction of sp³-hybridized carbons (Fsp3) is 0.214. The van der Waals surface area contributed by atoms with Crippen LogP contribution in [-0.4, -0.2) is 16.0 Å². The minimum Gasteiger partial charge on any atom is -0.308 e. The minimum atomic E-state index is -0.0836. The molecule has 1 aromatic carbocycles. The Labute approximate surface area is 141 Å². The van der Waals surface area contributed by atoms with E-state index >= 15 is 0 Å². The molecule has 1 amide bonds. The van der Waals surface area contributed by atoms with Crippen LogP contribution >= 0.6 is 39.5 Å². The van der Waals surface area contributed by atoms with Gasteiger partial charge < -0.3 is 10.6 Å². The topological polar surface area (TPSA) is 54.0 Å². The summed E-state index contributed by atoms with van der Waals surface area (Å²) in [6.07, 6.45) is 1.25. The van der Waals surface area contributed by atoms with Crippen LogP contribution in [0.5, 0.6) is 0 Å². The summed E-state index contributed by atoms with van der Waals surface area (Å²) in [4.78, 5) is 15.9. The van der Waals surface area contributed by atoms with E-state index in [1.165, 1.54) is 11.3 Å². The molecule has 0 spiro atoms. The molecule has 1 heterocycles. The number of nitrogens with one attached hydrogen (secondary N) is 2. The van der Waals surface area contributed by atoms with Crippen LogP contribution < -0.4 is 10.6 Å². The van der Waals surface area contributed by atoms with Crippen molar-refractivity contribution in [3.05, 3.63) is 34.1 Å². The standard InChI is InChI=1S/C14H14BrN3OS2/c1-2-3-12(19)17-13(20)18-14-16-11(8-21-14)9-4-6-10(15)7-5-9/h4-8H,2-3H2,1H3,(H2,16,17,18,19,20). The third kappa shape index (κ3) is 4.87. The van der Waals surface area contributed by atoms with Crippen molar-refractivity contribution < 1.29 is 4.79 Å². The van der Waals surface area contributed by atoms with Crippen molar-refractivity contribution in [2.45, 2.75) is 19.8 Å². The van der Waals surface area contributed by atoms with E-state index in [1.807, 2.05) is 36.6 Å². The van der Waals surface area contributed by atoms with Gasteiger partial charge in [-0.2, -0.15) is 0 Å². The number of aromatic nitrogens is 1. The second-order valence-corrected chi connectivity index (χ2v) is 6.48. The van der Waals surface area contributed by atoms with Crippen molar-refractivity contribution in [3.8, 4) is 11.3 Å². The van der Waals surface area contributed by atoms with Crippen LogP contribution in [-0.2, 0) is 4.79 Å². The Kier molecular flexibility index (Phi) is 5.84. The smallest absolute Gasteiger partial charge is 0.226 e. The van der Waals surface area contributed by atoms with E-state index in [9.17, 15) is 4.79 Å². The molecule has 110 valence electrons. The molecule has 2 aromatic rings. The first-order valence-electron chi connectivity index (χ1n) is 6.40. The zero-order valence-electron chi connectivity index (χ0n) is 11.4. The van der Waals surface area contributed by atoms with Crippen LogP contribution in [0.2, 0.25) is 0 Å². The molecule has 0 radical (unpaired) electrons. The molecule has 0 aliphatic carbocycles. The second kappa shape index (κ2) is 7.63. The van der Waals surface area contributed by atoms with Crippen LogP contribution in [0.15, 0.2) is 34.1 Å². The van der Waals surface area contributed by atoms with Gasteiger partial charge in [-0.3, -0.25) is 4.79 Å². The van der Waals surface area contributed by atoms with E-state index in [-0.39, 0.29) is 11.0 Å². The largest absolute Gasteiger partial charge is 0.308 e. The maximum absolute atomic E-state index is 11.4. The zero-order chi connectivity index (χ0) is 15.2. The number of hydrogen-bond donors (Lipinski definition) is 2. The Hall–Kier alpha value is -1.31. The lowest BCUT2D eigenvalue weighted by molar-refractivity contribution is -0.119. The number of thiazole rings is 1. The SMILES string of the molecule is CCCC(=O)NC(=S)Nc1nc(-c2ccc(Br)cc2)cs1. The molecule has 0 saturated carbocycles. The third-order valence-corrected chi connectivity index (χ3v) is 4.09. The summed E-state index contributed by atoms with van der Waals surface area (Å²) in [5, 5.41) is 8.45. The molecule has 2 N–H and O–H groups in total. The first-order chi connectivity index (χ1) is 10.1. The monoisotopic (exact) mass is 383 g/mol. The summed E-state index contributed by atoms with van der Waals surface area (Å²) in [5.74, 6) is -0.0836. The van der Waals surface area contributed by atoms with Crippen LogP contribution in [0.25, 0.3) is 11.3 Å². The Bertz CT molecular complexity index is 640. The highest BCUT2D eigenvalue weighted by Gasteiger charge is 2.08. The fourth-order valence-electron chi connectivity index (χ4n) is 1.63. The van der Waals surface area contributed by atoms with Crippen LogP contribution in [0.3, 0.4) is 0 Å². The number of halogens is 1. The van der Waals surface area contributed by atoms with Gasteiger partial charge in [0.05, 0.1) is 5.69 Å². The van der Waals surface area contributed by atoms with Gasteiger partial charge >= 0.3 is 0 Å². The average Bonchev–Trinajstić information content (AvgIpc) is 2.88. The molecule has 2 rings (SSSR count). The Morgan fingerprint density at radius 2 is 2.10 bits per heavy atom. The summed E-state index contributed by atoms with van der Waals surface area (Å²) in [5.41, 5.74) is 1.90. The van der Waals surface area contributed by atoms with Gasteiger partial charge in [-0.05, 0) is 30.8 Å². The lowest BCUT2D eigenvalue weighted by atomic mass is 10.2. The fourth-order valence-corrected chi connectivity index (χ4v) is 2.89. The van der Waals surface area contributed by atoms with E-state index in [0.29, 0.717) is 11.6 Å². The Balaban J connectivity index is 1.98. The van der Waals surface area contributed by atoms with E-state index < -0.39 is 0 Å². The van der Waals surface area contributed by atoms with Crippen LogP contribution in [0.1, 0.15) is 19.8 Å². The molecule has 0 fully saturated rings. The maximum Gasteiger partial charge on any atom is 0.226 e. The molecule has 0 atom stereocenters. The first-order valence-corrected chi connectivity index (χ1v) is 8.49.